The minimum absolute atomic E-state index is 0.264. The van der Waals surface area contributed by atoms with Gasteiger partial charge in [-0.1, -0.05) is 26.0 Å². The summed E-state index contributed by atoms with van der Waals surface area (Å²) in [7, 11) is 0. The molecule has 2 nitrogen and oxygen atoms in total. The van der Waals surface area contributed by atoms with Crippen LogP contribution in [0.1, 0.15) is 25.8 Å². The van der Waals surface area contributed by atoms with Crippen LogP contribution in [0.4, 0.5) is 0 Å². The molecule has 0 amide bonds. The molecule has 0 fully saturated rings. The van der Waals surface area contributed by atoms with Gasteiger partial charge in [-0.15, -0.1) is 0 Å². The lowest BCUT2D eigenvalue weighted by Crippen LogP contribution is -2.24. The summed E-state index contributed by atoms with van der Waals surface area (Å²) in [5.74, 6) is 0.667. The number of aromatic nitrogens is 1. The van der Waals surface area contributed by atoms with E-state index in [1.54, 1.807) is 0 Å². The van der Waals surface area contributed by atoms with Gasteiger partial charge in [-0.25, -0.2) is 0 Å². The van der Waals surface area contributed by atoms with Crippen molar-refractivity contribution in [3.63, 3.8) is 0 Å². The first kappa shape index (κ1) is 11.2. The molecule has 2 heteroatoms. The van der Waals surface area contributed by atoms with E-state index in [0.29, 0.717) is 5.92 Å². The molecule has 1 heterocycles. The quantitative estimate of drug-likeness (QED) is 0.810. The van der Waals surface area contributed by atoms with E-state index in [1.807, 2.05) is 6.20 Å². The second-order valence-electron chi connectivity index (χ2n) is 4.95. The molecule has 3 N–H and O–H groups in total. The topological polar surface area (TPSA) is 41.8 Å². The highest BCUT2D eigenvalue weighted by Crippen LogP contribution is 2.19. The number of H-pyrrole nitrogens is 1. The second kappa shape index (κ2) is 4.71. The fraction of sp³-hybridized carbons (Fsp3) is 0.429. The lowest BCUT2D eigenvalue weighted by atomic mass is 9.96. The minimum Gasteiger partial charge on any atom is -0.361 e. The van der Waals surface area contributed by atoms with Gasteiger partial charge in [-0.2, -0.15) is 0 Å². The SMILES string of the molecule is CC(C)CC(N)Cc1cccc2[nH]ccc12. The predicted octanol–water partition coefficient (Wildman–Crippen LogP) is 3.08. The number of nitrogens with two attached hydrogens (primary N) is 1. The number of rotatable bonds is 4. The third-order valence-electron chi connectivity index (χ3n) is 2.94. The van der Waals surface area contributed by atoms with Crippen LogP contribution < -0.4 is 5.73 Å². The zero-order chi connectivity index (χ0) is 11.5. The summed E-state index contributed by atoms with van der Waals surface area (Å²) in [4.78, 5) is 3.23. The summed E-state index contributed by atoms with van der Waals surface area (Å²) in [5.41, 5.74) is 8.71. The zero-order valence-electron chi connectivity index (χ0n) is 10.0. The Kier molecular flexibility index (Phi) is 3.30. The van der Waals surface area contributed by atoms with Gasteiger partial charge in [0.15, 0.2) is 0 Å². The monoisotopic (exact) mass is 216 g/mol. The van der Waals surface area contributed by atoms with Crippen molar-refractivity contribution in [1.82, 2.24) is 4.98 Å². The summed E-state index contributed by atoms with van der Waals surface area (Å²) in [6.45, 7) is 4.44. The van der Waals surface area contributed by atoms with Crippen LogP contribution >= 0.6 is 0 Å². The van der Waals surface area contributed by atoms with Gasteiger partial charge in [0.2, 0.25) is 0 Å². The van der Waals surface area contributed by atoms with Crippen LogP contribution in [0.5, 0.6) is 0 Å². The van der Waals surface area contributed by atoms with Crippen molar-refractivity contribution >= 4 is 10.9 Å². The van der Waals surface area contributed by atoms with Crippen LogP contribution in [-0.4, -0.2) is 11.0 Å². The average Bonchev–Trinajstić information content (AvgIpc) is 2.65. The molecule has 86 valence electrons. The Morgan fingerprint density at radius 3 is 2.81 bits per heavy atom. The largest absolute Gasteiger partial charge is 0.361 e. The molecule has 0 bridgehead atoms. The number of hydrogen-bond donors (Lipinski definition) is 2. The van der Waals surface area contributed by atoms with Gasteiger partial charge in [0.1, 0.15) is 0 Å². The Hall–Kier alpha value is -1.28. The maximum absolute atomic E-state index is 6.16. The Bertz CT molecular complexity index is 456. The van der Waals surface area contributed by atoms with E-state index in [0.717, 1.165) is 12.8 Å². The molecule has 1 atom stereocenters. The highest BCUT2D eigenvalue weighted by atomic mass is 14.7. The highest BCUT2D eigenvalue weighted by molar-refractivity contribution is 5.82. The van der Waals surface area contributed by atoms with Gasteiger partial charge in [-0.3, -0.25) is 0 Å². The van der Waals surface area contributed by atoms with E-state index in [2.05, 4.69) is 43.1 Å². The second-order valence-corrected chi connectivity index (χ2v) is 4.95. The van der Waals surface area contributed by atoms with Crippen LogP contribution in [0.3, 0.4) is 0 Å². The molecule has 1 aromatic carbocycles. The van der Waals surface area contributed by atoms with Crippen molar-refractivity contribution in [1.29, 1.82) is 0 Å². The maximum Gasteiger partial charge on any atom is 0.0456 e. The Morgan fingerprint density at radius 1 is 1.25 bits per heavy atom. The lowest BCUT2D eigenvalue weighted by Gasteiger charge is -2.14. The molecule has 0 aliphatic heterocycles. The van der Waals surface area contributed by atoms with Gasteiger partial charge in [0.25, 0.3) is 0 Å². The molecule has 0 spiro atoms. The van der Waals surface area contributed by atoms with Crippen LogP contribution in [-0.2, 0) is 6.42 Å². The van der Waals surface area contributed by atoms with E-state index < -0.39 is 0 Å². The maximum atomic E-state index is 6.16. The Balaban J connectivity index is 2.17. The van der Waals surface area contributed by atoms with Crippen LogP contribution in [0.25, 0.3) is 10.9 Å². The van der Waals surface area contributed by atoms with E-state index in [9.17, 15) is 0 Å². The summed E-state index contributed by atoms with van der Waals surface area (Å²) in [6, 6.07) is 8.77. The molecular weight excluding hydrogens is 196 g/mol. The van der Waals surface area contributed by atoms with Crippen LogP contribution in [0.2, 0.25) is 0 Å². The van der Waals surface area contributed by atoms with Gasteiger partial charge in [0.05, 0.1) is 0 Å². The molecule has 0 aliphatic rings. The first-order valence-corrected chi connectivity index (χ1v) is 5.97. The van der Waals surface area contributed by atoms with Crippen molar-refractivity contribution in [2.75, 3.05) is 0 Å². The van der Waals surface area contributed by atoms with Crippen molar-refractivity contribution < 1.29 is 0 Å². The average molecular weight is 216 g/mol. The van der Waals surface area contributed by atoms with Gasteiger partial charge < -0.3 is 10.7 Å². The van der Waals surface area contributed by atoms with Crippen molar-refractivity contribution in [2.45, 2.75) is 32.7 Å². The predicted molar refractivity (Wildman–Crippen MR) is 69.4 cm³/mol. The van der Waals surface area contributed by atoms with Gasteiger partial charge in [-0.05, 0) is 36.5 Å². The van der Waals surface area contributed by atoms with Gasteiger partial charge >= 0.3 is 0 Å². The molecule has 2 aromatic rings. The molecule has 0 saturated carbocycles. The standard InChI is InChI=1S/C14H20N2/c1-10(2)8-12(15)9-11-4-3-5-14-13(11)6-7-16-14/h3-7,10,12,16H,8-9,15H2,1-2H3. The first-order valence-electron chi connectivity index (χ1n) is 5.97. The number of aromatic amines is 1. The summed E-state index contributed by atoms with van der Waals surface area (Å²) < 4.78 is 0. The van der Waals surface area contributed by atoms with Crippen LogP contribution in [0.15, 0.2) is 30.5 Å². The molecule has 0 aliphatic carbocycles. The van der Waals surface area contributed by atoms with Crippen LogP contribution in [0, 0.1) is 5.92 Å². The number of nitrogens with one attached hydrogen (secondary N) is 1. The van der Waals surface area contributed by atoms with Gasteiger partial charge in [0, 0.05) is 23.1 Å². The van der Waals surface area contributed by atoms with Crippen molar-refractivity contribution in [3.05, 3.63) is 36.0 Å². The summed E-state index contributed by atoms with van der Waals surface area (Å²) in [6.07, 6.45) is 4.04. The van der Waals surface area contributed by atoms with Crippen molar-refractivity contribution in [2.24, 2.45) is 11.7 Å². The van der Waals surface area contributed by atoms with E-state index in [4.69, 9.17) is 5.73 Å². The van der Waals surface area contributed by atoms with E-state index in [1.165, 1.54) is 16.5 Å². The smallest absolute Gasteiger partial charge is 0.0456 e. The molecule has 1 unspecified atom stereocenters. The van der Waals surface area contributed by atoms with E-state index in [-0.39, 0.29) is 6.04 Å². The normalized spacial score (nSPS) is 13.5. The van der Waals surface area contributed by atoms with Crippen molar-refractivity contribution in [3.8, 4) is 0 Å². The third-order valence-corrected chi connectivity index (χ3v) is 2.94. The Labute approximate surface area is 96.9 Å². The molecule has 16 heavy (non-hydrogen) atoms. The molecule has 0 radical (unpaired) electrons. The fourth-order valence-corrected chi connectivity index (χ4v) is 2.30. The third kappa shape index (κ3) is 2.45. The summed E-state index contributed by atoms with van der Waals surface area (Å²) in [5, 5.41) is 1.31. The Morgan fingerprint density at radius 2 is 2.06 bits per heavy atom. The minimum atomic E-state index is 0.264. The molecule has 1 aromatic heterocycles. The summed E-state index contributed by atoms with van der Waals surface area (Å²) >= 11 is 0. The fourth-order valence-electron chi connectivity index (χ4n) is 2.30. The number of fused-ring (bicyclic) bond motifs is 1. The highest BCUT2D eigenvalue weighted by Gasteiger charge is 2.09. The van der Waals surface area contributed by atoms with E-state index >= 15 is 0 Å². The number of hydrogen-bond acceptors (Lipinski definition) is 1. The molecule has 2 rings (SSSR count). The molecular formula is C14H20N2. The number of benzene rings is 1. The lowest BCUT2D eigenvalue weighted by molar-refractivity contribution is 0.494. The zero-order valence-corrected chi connectivity index (χ0v) is 10.0. The first-order chi connectivity index (χ1) is 7.66. The molecule has 0 saturated heterocycles.